The normalized spacial score (nSPS) is 12.5. The molecule has 0 aliphatic heterocycles. The number of nitrogens with zero attached hydrogens (tertiary/aromatic N) is 1. The van der Waals surface area contributed by atoms with Crippen molar-refractivity contribution in [2.45, 2.75) is 6.04 Å². The number of halogens is 1. The van der Waals surface area contributed by atoms with Gasteiger partial charge in [0.2, 0.25) is 5.91 Å². The fraction of sp³-hybridized carbons (Fsp3) is 0.417. The Morgan fingerprint density at radius 1 is 1.47 bits per heavy atom. The maximum atomic E-state index is 11.3. The highest BCUT2D eigenvalue weighted by atomic mass is 79.9. The van der Waals surface area contributed by atoms with Crippen molar-refractivity contribution in [1.29, 1.82) is 0 Å². The number of hydrogen-bond acceptors (Lipinski definition) is 3. The minimum atomic E-state index is -0.0111. The van der Waals surface area contributed by atoms with E-state index in [9.17, 15) is 4.79 Å². The van der Waals surface area contributed by atoms with E-state index in [0.717, 1.165) is 10.0 Å². The summed E-state index contributed by atoms with van der Waals surface area (Å²) in [6, 6.07) is 8.04. The number of benzene rings is 1. The molecule has 1 unspecified atom stereocenters. The van der Waals surface area contributed by atoms with Crippen LogP contribution in [0.15, 0.2) is 28.7 Å². The molecule has 0 aliphatic carbocycles. The molecule has 1 atom stereocenters. The van der Waals surface area contributed by atoms with Gasteiger partial charge < -0.3 is 11.1 Å². The zero-order valence-corrected chi connectivity index (χ0v) is 11.7. The molecular weight excluding hydrogens is 282 g/mol. The lowest BCUT2D eigenvalue weighted by Gasteiger charge is -2.26. The van der Waals surface area contributed by atoms with Crippen LogP contribution in [0.5, 0.6) is 0 Å². The largest absolute Gasteiger partial charge is 0.358 e. The maximum absolute atomic E-state index is 11.3. The predicted octanol–water partition coefficient (Wildman–Crippen LogP) is 1.13. The Bertz CT molecular complexity index is 367. The van der Waals surface area contributed by atoms with E-state index in [1.165, 1.54) is 0 Å². The van der Waals surface area contributed by atoms with Gasteiger partial charge in [-0.1, -0.05) is 28.1 Å². The summed E-state index contributed by atoms with van der Waals surface area (Å²) in [5.74, 6) is -0.0111. The number of likely N-dealkylation sites (N-methyl/N-ethyl adjacent to an activating group) is 2. The first kappa shape index (κ1) is 14.2. The Morgan fingerprint density at radius 3 is 2.53 bits per heavy atom. The van der Waals surface area contributed by atoms with Crippen molar-refractivity contribution in [1.82, 2.24) is 10.2 Å². The van der Waals surface area contributed by atoms with E-state index in [0.29, 0.717) is 13.1 Å². The first-order chi connectivity index (χ1) is 8.08. The summed E-state index contributed by atoms with van der Waals surface area (Å²) in [7, 11) is 3.53. The average Bonchev–Trinajstić information content (AvgIpc) is 2.32. The number of nitrogens with one attached hydrogen (secondary N) is 1. The van der Waals surface area contributed by atoms with E-state index in [2.05, 4.69) is 21.2 Å². The average molecular weight is 300 g/mol. The van der Waals surface area contributed by atoms with Crippen molar-refractivity contribution in [3.8, 4) is 0 Å². The lowest BCUT2D eigenvalue weighted by atomic mass is 10.1. The van der Waals surface area contributed by atoms with Gasteiger partial charge in [-0.25, -0.2) is 0 Å². The summed E-state index contributed by atoms with van der Waals surface area (Å²) in [6.45, 7) is 0.823. The highest BCUT2D eigenvalue weighted by Gasteiger charge is 2.17. The summed E-state index contributed by atoms with van der Waals surface area (Å²) in [5.41, 5.74) is 6.89. The zero-order chi connectivity index (χ0) is 12.8. The van der Waals surface area contributed by atoms with Gasteiger partial charge in [-0.3, -0.25) is 9.69 Å². The standard InChI is InChI=1S/C12H18BrN3O/c1-15-12(17)8-16(2)11(7-14)9-3-5-10(13)6-4-9/h3-6,11H,7-8,14H2,1-2H3,(H,15,17). The Kier molecular flexibility index (Phi) is 5.61. The molecular formula is C12H18BrN3O. The molecule has 0 heterocycles. The number of carbonyl (C=O) groups is 1. The van der Waals surface area contributed by atoms with Crippen LogP contribution in [0.2, 0.25) is 0 Å². The van der Waals surface area contributed by atoms with Gasteiger partial charge in [-0.05, 0) is 24.7 Å². The zero-order valence-electron chi connectivity index (χ0n) is 10.1. The maximum Gasteiger partial charge on any atom is 0.233 e. The first-order valence-electron chi connectivity index (χ1n) is 5.44. The van der Waals surface area contributed by atoms with E-state index < -0.39 is 0 Å². The lowest BCUT2D eigenvalue weighted by molar-refractivity contribution is -0.121. The Morgan fingerprint density at radius 2 is 2.06 bits per heavy atom. The van der Waals surface area contributed by atoms with Gasteiger partial charge in [0.05, 0.1) is 6.54 Å². The van der Waals surface area contributed by atoms with Crippen LogP contribution < -0.4 is 11.1 Å². The van der Waals surface area contributed by atoms with E-state index in [4.69, 9.17) is 5.73 Å². The molecule has 0 fully saturated rings. The third-order valence-corrected chi connectivity index (χ3v) is 3.21. The molecule has 4 nitrogen and oxygen atoms in total. The highest BCUT2D eigenvalue weighted by Crippen LogP contribution is 2.20. The Hall–Kier alpha value is -0.910. The monoisotopic (exact) mass is 299 g/mol. The van der Waals surface area contributed by atoms with Gasteiger partial charge in [-0.2, -0.15) is 0 Å². The quantitative estimate of drug-likeness (QED) is 0.857. The number of rotatable bonds is 5. The topological polar surface area (TPSA) is 58.4 Å². The number of carbonyl (C=O) groups excluding carboxylic acids is 1. The molecule has 1 rings (SSSR count). The summed E-state index contributed by atoms with van der Waals surface area (Å²) >= 11 is 3.40. The molecule has 5 heteroatoms. The van der Waals surface area contributed by atoms with Gasteiger partial charge in [0.15, 0.2) is 0 Å². The van der Waals surface area contributed by atoms with Crippen LogP contribution in [0.1, 0.15) is 11.6 Å². The molecule has 0 aliphatic rings. The molecule has 1 aromatic rings. The summed E-state index contributed by atoms with van der Waals surface area (Å²) in [4.78, 5) is 13.3. The van der Waals surface area contributed by atoms with Crippen LogP contribution in [0.3, 0.4) is 0 Å². The molecule has 0 radical (unpaired) electrons. The fourth-order valence-electron chi connectivity index (χ4n) is 1.67. The molecule has 0 aromatic heterocycles. The number of nitrogens with two attached hydrogens (primary N) is 1. The minimum absolute atomic E-state index is 0.0111. The SMILES string of the molecule is CNC(=O)CN(C)C(CN)c1ccc(Br)cc1. The second-order valence-electron chi connectivity index (χ2n) is 3.89. The molecule has 0 bridgehead atoms. The van der Waals surface area contributed by atoms with Gasteiger partial charge in [0.25, 0.3) is 0 Å². The first-order valence-corrected chi connectivity index (χ1v) is 6.24. The van der Waals surface area contributed by atoms with Crippen LogP contribution >= 0.6 is 15.9 Å². The summed E-state index contributed by atoms with van der Waals surface area (Å²) < 4.78 is 1.03. The smallest absolute Gasteiger partial charge is 0.233 e. The van der Waals surface area contributed by atoms with Gasteiger partial charge >= 0.3 is 0 Å². The molecule has 1 aromatic carbocycles. The van der Waals surface area contributed by atoms with E-state index >= 15 is 0 Å². The van der Waals surface area contributed by atoms with Crippen molar-refractivity contribution >= 4 is 21.8 Å². The molecule has 0 saturated carbocycles. The van der Waals surface area contributed by atoms with E-state index in [1.54, 1.807) is 7.05 Å². The predicted molar refractivity (Wildman–Crippen MR) is 72.6 cm³/mol. The van der Waals surface area contributed by atoms with Crippen LogP contribution in [0, 0.1) is 0 Å². The third-order valence-electron chi connectivity index (χ3n) is 2.68. The van der Waals surface area contributed by atoms with Crippen molar-refractivity contribution in [3.05, 3.63) is 34.3 Å². The van der Waals surface area contributed by atoms with E-state index in [1.807, 2.05) is 36.2 Å². The van der Waals surface area contributed by atoms with Crippen LogP contribution in [0.4, 0.5) is 0 Å². The molecule has 0 spiro atoms. The molecule has 17 heavy (non-hydrogen) atoms. The number of hydrogen-bond donors (Lipinski definition) is 2. The highest BCUT2D eigenvalue weighted by molar-refractivity contribution is 9.10. The van der Waals surface area contributed by atoms with Crippen LogP contribution in [-0.4, -0.2) is 38.0 Å². The van der Waals surface area contributed by atoms with E-state index in [-0.39, 0.29) is 11.9 Å². The van der Waals surface area contributed by atoms with Crippen LogP contribution in [-0.2, 0) is 4.79 Å². The minimum Gasteiger partial charge on any atom is -0.358 e. The molecule has 0 saturated heterocycles. The molecule has 3 N–H and O–H groups in total. The van der Waals surface area contributed by atoms with Crippen molar-refractivity contribution in [2.24, 2.45) is 5.73 Å². The third kappa shape index (κ3) is 4.11. The summed E-state index contributed by atoms with van der Waals surface area (Å²) in [5, 5.41) is 2.61. The molecule has 94 valence electrons. The molecule has 1 amide bonds. The van der Waals surface area contributed by atoms with Crippen LogP contribution in [0.25, 0.3) is 0 Å². The van der Waals surface area contributed by atoms with Crippen molar-refractivity contribution in [2.75, 3.05) is 27.2 Å². The van der Waals surface area contributed by atoms with Gasteiger partial charge in [0.1, 0.15) is 0 Å². The second-order valence-corrected chi connectivity index (χ2v) is 4.81. The second kappa shape index (κ2) is 6.74. The summed E-state index contributed by atoms with van der Waals surface area (Å²) in [6.07, 6.45) is 0. The van der Waals surface area contributed by atoms with Gasteiger partial charge in [0, 0.05) is 24.1 Å². The van der Waals surface area contributed by atoms with Gasteiger partial charge in [-0.15, -0.1) is 0 Å². The van der Waals surface area contributed by atoms with Crippen molar-refractivity contribution < 1.29 is 4.79 Å². The lowest BCUT2D eigenvalue weighted by Crippen LogP contribution is -2.38. The fourth-order valence-corrected chi connectivity index (χ4v) is 1.94. The Balaban J connectivity index is 2.76. The Labute approximate surface area is 110 Å². The van der Waals surface area contributed by atoms with Crippen molar-refractivity contribution in [3.63, 3.8) is 0 Å². The number of amides is 1.